The number of hydrogen-bond donors (Lipinski definition) is 3. The zero-order chi connectivity index (χ0) is 19.7. The van der Waals surface area contributed by atoms with E-state index in [2.05, 4.69) is 10.6 Å². The first-order valence-corrected chi connectivity index (χ1v) is 8.43. The number of aliphatic carboxylic acids is 1. The fourth-order valence-corrected chi connectivity index (χ4v) is 2.39. The number of carboxylic acids is 1. The summed E-state index contributed by atoms with van der Waals surface area (Å²) in [7, 11) is 0. The maximum Gasteiger partial charge on any atom is 0.308 e. The van der Waals surface area contributed by atoms with Crippen LogP contribution in [0.4, 0.5) is 8.78 Å². The van der Waals surface area contributed by atoms with Crippen LogP contribution >= 0.6 is 0 Å². The third-order valence-corrected chi connectivity index (χ3v) is 3.69. The summed E-state index contributed by atoms with van der Waals surface area (Å²) in [4.78, 5) is 34.6. The van der Waals surface area contributed by atoms with Gasteiger partial charge in [0.2, 0.25) is 5.91 Å². The summed E-state index contributed by atoms with van der Waals surface area (Å²) < 4.78 is 26.3. The second kappa shape index (κ2) is 10.5. The molecule has 0 radical (unpaired) electrons. The Morgan fingerprint density at radius 2 is 1.85 bits per heavy atom. The molecule has 0 bridgehead atoms. The summed E-state index contributed by atoms with van der Waals surface area (Å²) in [5.41, 5.74) is -0.270. The lowest BCUT2D eigenvalue weighted by atomic mass is 9.97. The van der Waals surface area contributed by atoms with Gasteiger partial charge in [0.15, 0.2) is 0 Å². The minimum Gasteiger partial charge on any atom is -0.481 e. The summed E-state index contributed by atoms with van der Waals surface area (Å²) in [6.07, 6.45) is 0.872. The number of amides is 2. The van der Waals surface area contributed by atoms with Crippen molar-refractivity contribution in [1.29, 1.82) is 0 Å². The molecule has 2 amide bonds. The van der Waals surface area contributed by atoms with E-state index in [-0.39, 0.29) is 36.9 Å². The predicted octanol–water partition coefficient (Wildman–Crippen LogP) is 2.34. The van der Waals surface area contributed by atoms with Gasteiger partial charge in [0.25, 0.3) is 5.91 Å². The van der Waals surface area contributed by atoms with Gasteiger partial charge in [-0.15, -0.1) is 0 Å². The van der Waals surface area contributed by atoms with Crippen molar-refractivity contribution in [2.75, 3.05) is 13.1 Å². The maximum atomic E-state index is 13.5. The SMILES string of the molecule is CC(C)CC(CNC(=O)CCCNC(=O)c1ccc(F)cc1F)C(=O)O. The van der Waals surface area contributed by atoms with Crippen LogP contribution in [0.5, 0.6) is 0 Å². The minimum atomic E-state index is -0.954. The number of halogens is 2. The number of benzene rings is 1. The molecule has 1 rings (SSSR count). The molecule has 0 aliphatic rings. The maximum absolute atomic E-state index is 13.5. The molecule has 3 N–H and O–H groups in total. The predicted molar refractivity (Wildman–Crippen MR) is 91.5 cm³/mol. The fourth-order valence-electron chi connectivity index (χ4n) is 2.39. The molecule has 0 aliphatic heterocycles. The van der Waals surface area contributed by atoms with Crippen molar-refractivity contribution in [2.24, 2.45) is 11.8 Å². The lowest BCUT2D eigenvalue weighted by Crippen LogP contribution is -2.34. The second-order valence-electron chi connectivity index (χ2n) is 6.45. The molecule has 1 atom stereocenters. The highest BCUT2D eigenvalue weighted by Gasteiger charge is 2.19. The molecule has 0 aromatic heterocycles. The van der Waals surface area contributed by atoms with Crippen molar-refractivity contribution in [3.05, 3.63) is 35.4 Å². The Morgan fingerprint density at radius 3 is 2.42 bits per heavy atom. The molecule has 6 nitrogen and oxygen atoms in total. The van der Waals surface area contributed by atoms with E-state index in [1.807, 2.05) is 13.8 Å². The van der Waals surface area contributed by atoms with E-state index in [1.54, 1.807) is 0 Å². The van der Waals surface area contributed by atoms with Gasteiger partial charge in [-0.3, -0.25) is 14.4 Å². The molecule has 26 heavy (non-hydrogen) atoms. The van der Waals surface area contributed by atoms with Gasteiger partial charge in [-0.05, 0) is 30.9 Å². The molecule has 0 spiro atoms. The van der Waals surface area contributed by atoms with E-state index in [0.29, 0.717) is 18.9 Å². The molecule has 1 aromatic carbocycles. The Bertz CT molecular complexity index is 650. The summed E-state index contributed by atoms with van der Waals surface area (Å²) in [6.45, 7) is 4.01. The number of carbonyl (C=O) groups is 3. The van der Waals surface area contributed by atoms with Gasteiger partial charge in [-0.1, -0.05) is 13.8 Å². The van der Waals surface area contributed by atoms with Crippen LogP contribution in [-0.4, -0.2) is 36.0 Å². The van der Waals surface area contributed by atoms with Gasteiger partial charge < -0.3 is 15.7 Å². The molecule has 0 saturated carbocycles. The summed E-state index contributed by atoms with van der Waals surface area (Å²) >= 11 is 0. The Labute approximate surface area is 151 Å². The van der Waals surface area contributed by atoms with Gasteiger partial charge in [0.05, 0.1) is 11.5 Å². The number of carbonyl (C=O) groups excluding carboxylic acids is 2. The highest BCUT2D eigenvalue weighted by atomic mass is 19.1. The number of nitrogens with one attached hydrogen (secondary N) is 2. The molecule has 1 unspecified atom stereocenters. The second-order valence-corrected chi connectivity index (χ2v) is 6.45. The fraction of sp³-hybridized carbons (Fsp3) is 0.500. The van der Waals surface area contributed by atoms with Gasteiger partial charge in [0.1, 0.15) is 11.6 Å². The Hall–Kier alpha value is -2.51. The van der Waals surface area contributed by atoms with Crippen molar-refractivity contribution in [3.63, 3.8) is 0 Å². The first-order chi connectivity index (χ1) is 12.2. The zero-order valence-electron chi connectivity index (χ0n) is 14.9. The largest absolute Gasteiger partial charge is 0.481 e. The van der Waals surface area contributed by atoms with Gasteiger partial charge in [-0.2, -0.15) is 0 Å². The van der Waals surface area contributed by atoms with Crippen LogP contribution in [0.2, 0.25) is 0 Å². The lowest BCUT2D eigenvalue weighted by molar-refractivity contribution is -0.142. The third kappa shape index (κ3) is 7.58. The van der Waals surface area contributed by atoms with Crippen molar-refractivity contribution in [1.82, 2.24) is 10.6 Å². The first-order valence-electron chi connectivity index (χ1n) is 8.43. The molecule has 0 saturated heterocycles. The van der Waals surface area contributed by atoms with E-state index in [1.165, 1.54) is 0 Å². The standard InChI is InChI=1S/C18H24F2N2O4/c1-11(2)8-12(18(25)26)10-22-16(23)4-3-7-21-17(24)14-6-5-13(19)9-15(14)20/h5-6,9,11-12H,3-4,7-8,10H2,1-2H3,(H,21,24)(H,22,23)(H,25,26). The van der Waals surface area contributed by atoms with E-state index < -0.39 is 29.4 Å². The Morgan fingerprint density at radius 1 is 1.15 bits per heavy atom. The molecular weight excluding hydrogens is 346 g/mol. The molecule has 0 fully saturated rings. The molecule has 0 heterocycles. The number of rotatable bonds is 10. The van der Waals surface area contributed by atoms with Crippen LogP contribution in [0.3, 0.4) is 0 Å². The van der Waals surface area contributed by atoms with Gasteiger partial charge in [0, 0.05) is 25.6 Å². The number of carboxylic acid groups (broad SMARTS) is 1. The van der Waals surface area contributed by atoms with Crippen LogP contribution < -0.4 is 10.6 Å². The van der Waals surface area contributed by atoms with Crippen molar-refractivity contribution in [2.45, 2.75) is 33.1 Å². The van der Waals surface area contributed by atoms with Crippen molar-refractivity contribution in [3.8, 4) is 0 Å². The highest BCUT2D eigenvalue weighted by Crippen LogP contribution is 2.11. The minimum absolute atomic E-state index is 0.0551. The van der Waals surface area contributed by atoms with Gasteiger partial charge >= 0.3 is 5.97 Å². The molecular formula is C18H24F2N2O4. The van der Waals surface area contributed by atoms with Crippen molar-refractivity contribution >= 4 is 17.8 Å². The average molecular weight is 370 g/mol. The van der Waals surface area contributed by atoms with Crippen LogP contribution in [0.1, 0.15) is 43.5 Å². The summed E-state index contributed by atoms with van der Waals surface area (Å²) in [6, 6.07) is 2.66. The quantitative estimate of drug-likeness (QED) is 0.551. The smallest absolute Gasteiger partial charge is 0.308 e. The first kappa shape index (κ1) is 21.5. The molecule has 0 aliphatic carbocycles. The van der Waals surface area contributed by atoms with E-state index in [9.17, 15) is 23.2 Å². The topological polar surface area (TPSA) is 95.5 Å². The zero-order valence-corrected chi connectivity index (χ0v) is 14.9. The monoisotopic (exact) mass is 370 g/mol. The van der Waals surface area contributed by atoms with Crippen LogP contribution in [0, 0.1) is 23.5 Å². The van der Waals surface area contributed by atoms with Crippen molar-refractivity contribution < 1.29 is 28.3 Å². The third-order valence-electron chi connectivity index (χ3n) is 3.69. The van der Waals surface area contributed by atoms with Gasteiger partial charge in [-0.25, -0.2) is 8.78 Å². The molecule has 8 heteroatoms. The summed E-state index contributed by atoms with van der Waals surface area (Å²) in [5, 5.41) is 14.1. The summed E-state index contributed by atoms with van der Waals surface area (Å²) in [5.74, 6) is -4.12. The Balaban J connectivity index is 2.31. The molecule has 144 valence electrons. The normalized spacial score (nSPS) is 11.9. The van der Waals surface area contributed by atoms with E-state index in [0.717, 1.165) is 12.1 Å². The van der Waals surface area contributed by atoms with Crippen LogP contribution in [0.25, 0.3) is 0 Å². The van der Waals surface area contributed by atoms with Crippen LogP contribution in [0.15, 0.2) is 18.2 Å². The average Bonchev–Trinajstić information content (AvgIpc) is 2.54. The highest BCUT2D eigenvalue weighted by molar-refractivity contribution is 5.94. The Kier molecular flexibility index (Phi) is 8.67. The molecule has 1 aromatic rings. The van der Waals surface area contributed by atoms with E-state index >= 15 is 0 Å². The van der Waals surface area contributed by atoms with Crippen LogP contribution in [-0.2, 0) is 9.59 Å². The van der Waals surface area contributed by atoms with E-state index in [4.69, 9.17) is 5.11 Å². The lowest BCUT2D eigenvalue weighted by Gasteiger charge is -2.15. The number of hydrogen-bond acceptors (Lipinski definition) is 3.